The van der Waals surface area contributed by atoms with E-state index in [0.29, 0.717) is 22.9 Å². The van der Waals surface area contributed by atoms with E-state index in [1.165, 1.54) is 23.5 Å². The molecule has 1 aromatic carbocycles. The molecule has 0 N–H and O–H groups in total. The molecule has 0 aliphatic heterocycles. The fraction of sp³-hybridized carbons (Fsp3) is 0. The largest absolute Gasteiger partial charge is 0.457 e. The van der Waals surface area contributed by atoms with Crippen molar-refractivity contribution >= 4 is 23.0 Å². The van der Waals surface area contributed by atoms with E-state index in [1.807, 2.05) is 23.6 Å². The van der Waals surface area contributed by atoms with E-state index < -0.39 is 0 Å². The predicted molar refractivity (Wildman–Crippen MR) is 95.2 cm³/mol. The van der Waals surface area contributed by atoms with Crippen LogP contribution in [-0.2, 0) is 0 Å². The third kappa shape index (κ3) is 3.06. The SMILES string of the molecule is N#C/C(=C\c1ccc(-c2ccccc2F)o1)c1nc(-c2cccs2)no1. The van der Waals surface area contributed by atoms with Crippen molar-refractivity contribution in [2.45, 2.75) is 0 Å². The van der Waals surface area contributed by atoms with Crippen LogP contribution in [0.1, 0.15) is 11.7 Å². The van der Waals surface area contributed by atoms with E-state index in [-0.39, 0.29) is 17.3 Å². The van der Waals surface area contributed by atoms with Crippen LogP contribution in [0.4, 0.5) is 4.39 Å². The molecule has 3 heterocycles. The van der Waals surface area contributed by atoms with Crippen LogP contribution < -0.4 is 0 Å². The van der Waals surface area contributed by atoms with Crippen LogP contribution in [0.25, 0.3) is 33.7 Å². The van der Waals surface area contributed by atoms with Gasteiger partial charge >= 0.3 is 0 Å². The Morgan fingerprint density at radius 1 is 1.15 bits per heavy atom. The monoisotopic (exact) mass is 363 g/mol. The molecule has 0 aliphatic rings. The molecule has 0 fully saturated rings. The summed E-state index contributed by atoms with van der Waals surface area (Å²) in [5.41, 5.74) is 0.512. The van der Waals surface area contributed by atoms with E-state index in [1.54, 1.807) is 30.3 Å². The molecule has 0 radical (unpaired) electrons. The highest BCUT2D eigenvalue weighted by Crippen LogP contribution is 2.28. The lowest BCUT2D eigenvalue weighted by molar-refractivity contribution is 0.409. The Morgan fingerprint density at radius 3 is 2.81 bits per heavy atom. The molecule has 0 amide bonds. The van der Waals surface area contributed by atoms with Gasteiger partial charge in [-0.25, -0.2) is 4.39 Å². The average Bonchev–Trinajstić information content (AvgIpc) is 3.40. The molecular weight excluding hydrogens is 353 g/mol. The number of aromatic nitrogens is 2. The molecule has 5 nitrogen and oxygen atoms in total. The summed E-state index contributed by atoms with van der Waals surface area (Å²) < 4.78 is 24.7. The molecule has 4 aromatic rings. The van der Waals surface area contributed by atoms with Crippen LogP contribution in [0.15, 0.2) is 62.9 Å². The Labute approximate surface area is 151 Å². The van der Waals surface area contributed by atoms with Gasteiger partial charge in [0.05, 0.1) is 10.4 Å². The minimum atomic E-state index is -0.379. The van der Waals surface area contributed by atoms with Gasteiger partial charge in [-0.1, -0.05) is 23.4 Å². The quantitative estimate of drug-likeness (QED) is 0.462. The fourth-order valence-electron chi connectivity index (χ4n) is 2.36. The summed E-state index contributed by atoms with van der Waals surface area (Å²) in [7, 11) is 0. The third-order valence-corrected chi connectivity index (χ3v) is 4.44. The molecule has 3 aromatic heterocycles. The Kier molecular flexibility index (Phi) is 4.17. The number of halogens is 1. The Bertz CT molecular complexity index is 1120. The van der Waals surface area contributed by atoms with Crippen molar-refractivity contribution in [3.63, 3.8) is 0 Å². The lowest BCUT2D eigenvalue weighted by Crippen LogP contribution is -1.82. The maximum Gasteiger partial charge on any atom is 0.269 e. The second-order valence-corrected chi connectivity index (χ2v) is 6.20. The highest BCUT2D eigenvalue weighted by Gasteiger charge is 2.15. The minimum absolute atomic E-state index is 0.0970. The molecule has 0 saturated heterocycles. The number of benzene rings is 1. The molecule has 0 spiro atoms. The summed E-state index contributed by atoms with van der Waals surface area (Å²) in [6.45, 7) is 0. The summed E-state index contributed by atoms with van der Waals surface area (Å²) in [5, 5.41) is 15.2. The number of allylic oxidation sites excluding steroid dienone is 1. The number of thiophene rings is 1. The molecule has 0 saturated carbocycles. The predicted octanol–water partition coefficient (Wildman–Crippen LogP) is 5.26. The Morgan fingerprint density at radius 2 is 2.04 bits per heavy atom. The van der Waals surface area contributed by atoms with Crippen LogP contribution in [0.2, 0.25) is 0 Å². The lowest BCUT2D eigenvalue weighted by Gasteiger charge is -1.97. The number of rotatable bonds is 4. The number of hydrogen-bond acceptors (Lipinski definition) is 6. The fourth-order valence-corrected chi connectivity index (χ4v) is 3.01. The maximum atomic E-state index is 13.9. The zero-order chi connectivity index (χ0) is 17.9. The maximum absolute atomic E-state index is 13.9. The van der Waals surface area contributed by atoms with Crippen LogP contribution in [-0.4, -0.2) is 10.1 Å². The summed E-state index contributed by atoms with van der Waals surface area (Å²) >= 11 is 1.47. The first-order valence-electron chi connectivity index (χ1n) is 7.59. The summed E-state index contributed by atoms with van der Waals surface area (Å²) in [6.07, 6.45) is 1.48. The summed E-state index contributed by atoms with van der Waals surface area (Å²) in [4.78, 5) is 5.08. The molecular formula is C19H10FN3O2S. The van der Waals surface area contributed by atoms with Gasteiger partial charge < -0.3 is 8.94 Å². The van der Waals surface area contributed by atoms with E-state index in [9.17, 15) is 9.65 Å². The summed E-state index contributed by atoms with van der Waals surface area (Å²) in [6, 6.07) is 15.4. The lowest BCUT2D eigenvalue weighted by atomic mass is 10.1. The van der Waals surface area contributed by atoms with Crippen molar-refractivity contribution in [1.29, 1.82) is 5.26 Å². The van der Waals surface area contributed by atoms with E-state index in [0.717, 1.165) is 4.88 Å². The second-order valence-electron chi connectivity index (χ2n) is 5.25. The third-order valence-electron chi connectivity index (χ3n) is 3.57. The van der Waals surface area contributed by atoms with Crippen molar-refractivity contribution in [3.8, 4) is 28.1 Å². The van der Waals surface area contributed by atoms with Gasteiger partial charge in [0, 0.05) is 6.08 Å². The van der Waals surface area contributed by atoms with E-state index in [2.05, 4.69) is 10.1 Å². The van der Waals surface area contributed by atoms with Gasteiger partial charge in [0.2, 0.25) is 5.82 Å². The topological polar surface area (TPSA) is 75.8 Å². The van der Waals surface area contributed by atoms with Crippen LogP contribution >= 0.6 is 11.3 Å². The highest BCUT2D eigenvalue weighted by atomic mass is 32.1. The standard InChI is InChI=1S/C19H10FN3O2S/c20-15-5-2-1-4-14(15)16-8-7-13(24-16)10-12(11-21)19-22-18(23-25-19)17-6-3-9-26-17/h1-10H/b12-10+. The van der Waals surface area contributed by atoms with E-state index in [4.69, 9.17) is 8.94 Å². The zero-order valence-corrected chi connectivity index (χ0v) is 14.0. The van der Waals surface area contributed by atoms with Crippen molar-refractivity contribution in [1.82, 2.24) is 10.1 Å². The Balaban J connectivity index is 1.65. The van der Waals surface area contributed by atoms with Crippen LogP contribution in [0, 0.1) is 17.1 Å². The highest BCUT2D eigenvalue weighted by molar-refractivity contribution is 7.13. The zero-order valence-electron chi connectivity index (χ0n) is 13.2. The summed E-state index contributed by atoms with van der Waals surface area (Å²) in [5.74, 6) is 0.893. The molecule has 26 heavy (non-hydrogen) atoms. The number of nitriles is 1. The van der Waals surface area contributed by atoms with Gasteiger partial charge in [-0.05, 0) is 35.7 Å². The molecule has 0 aliphatic carbocycles. The first kappa shape index (κ1) is 16.0. The number of furan rings is 1. The van der Waals surface area contributed by atoms with E-state index >= 15 is 0 Å². The molecule has 4 rings (SSSR count). The first-order valence-corrected chi connectivity index (χ1v) is 8.47. The molecule has 126 valence electrons. The minimum Gasteiger partial charge on any atom is -0.457 e. The second kappa shape index (κ2) is 6.78. The van der Waals surface area contributed by atoms with Gasteiger partial charge in [-0.15, -0.1) is 11.3 Å². The van der Waals surface area contributed by atoms with Gasteiger partial charge in [0.25, 0.3) is 5.89 Å². The average molecular weight is 363 g/mol. The number of nitrogens with zero attached hydrogens (tertiary/aromatic N) is 3. The molecule has 0 bridgehead atoms. The van der Waals surface area contributed by atoms with Crippen LogP contribution in [0.5, 0.6) is 0 Å². The van der Waals surface area contributed by atoms with Crippen molar-refractivity contribution in [2.24, 2.45) is 0 Å². The van der Waals surface area contributed by atoms with Gasteiger partial charge in [0.15, 0.2) is 0 Å². The van der Waals surface area contributed by atoms with Crippen molar-refractivity contribution in [2.75, 3.05) is 0 Å². The van der Waals surface area contributed by atoms with Crippen molar-refractivity contribution < 1.29 is 13.3 Å². The van der Waals surface area contributed by atoms with Gasteiger partial charge in [0.1, 0.15) is 29.0 Å². The van der Waals surface area contributed by atoms with Gasteiger partial charge in [-0.3, -0.25) is 0 Å². The number of hydrogen-bond donors (Lipinski definition) is 0. The van der Waals surface area contributed by atoms with Crippen molar-refractivity contribution in [3.05, 3.63) is 71.4 Å². The molecule has 0 atom stereocenters. The molecule has 7 heteroatoms. The first-order chi connectivity index (χ1) is 12.7. The molecule has 0 unspecified atom stereocenters. The van der Waals surface area contributed by atoms with Gasteiger partial charge in [-0.2, -0.15) is 10.2 Å². The Hall–Kier alpha value is -3.50. The normalized spacial score (nSPS) is 11.5. The van der Waals surface area contributed by atoms with Crippen LogP contribution in [0.3, 0.4) is 0 Å². The smallest absolute Gasteiger partial charge is 0.269 e.